The first kappa shape index (κ1) is 29.8. The van der Waals surface area contributed by atoms with Crippen LogP contribution in [0.15, 0.2) is 30.3 Å². The maximum Gasteiger partial charge on any atom is 0.415 e. The quantitative estimate of drug-likeness (QED) is 0.379. The van der Waals surface area contributed by atoms with Crippen molar-refractivity contribution in [1.82, 2.24) is 19.8 Å². The summed E-state index contributed by atoms with van der Waals surface area (Å²) in [7, 11) is 3.47. The van der Waals surface area contributed by atoms with Gasteiger partial charge in [-0.05, 0) is 52.8 Å². The van der Waals surface area contributed by atoms with E-state index in [1.807, 2.05) is 14.0 Å². The number of hydrogen-bond acceptors (Lipinski definition) is 8. The van der Waals surface area contributed by atoms with Crippen LogP contribution in [0.5, 0.6) is 11.5 Å². The van der Waals surface area contributed by atoms with Crippen LogP contribution < -0.4 is 14.8 Å². The fourth-order valence-corrected chi connectivity index (χ4v) is 5.63. The number of carbonyl (C=O) groups is 1. The van der Waals surface area contributed by atoms with Crippen molar-refractivity contribution in [2.24, 2.45) is 0 Å². The Morgan fingerprint density at radius 2 is 2.00 bits per heavy atom. The molecule has 1 N–H and O–H groups in total. The fourth-order valence-electron chi connectivity index (χ4n) is 5.63. The predicted molar refractivity (Wildman–Crippen MR) is 152 cm³/mol. The summed E-state index contributed by atoms with van der Waals surface area (Å²) in [6.07, 6.45) is -1.18. The fraction of sp³-hybridized carbons (Fsp3) is 0.500. The number of ether oxygens (including phenoxy) is 3. The average Bonchev–Trinajstić information content (AvgIpc) is 3.49. The Kier molecular flexibility index (Phi) is 8.47. The maximum atomic E-state index is 15.6. The molecule has 0 saturated carbocycles. The molecule has 5 rings (SSSR count). The normalized spacial score (nSPS) is 20.5. The van der Waals surface area contributed by atoms with Gasteiger partial charge in [0.25, 0.3) is 0 Å². The number of benzene rings is 2. The molecule has 3 heterocycles. The number of aromatic nitrogens is 2. The molecule has 12 heteroatoms. The molecule has 0 radical (unpaired) electrons. The van der Waals surface area contributed by atoms with Crippen LogP contribution in [0.1, 0.15) is 49.7 Å². The van der Waals surface area contributed by atoms with Crippen LogP contribution in [0, 0.1) is 12.7 Å². The van der Waals surface area contributed by atoms with Crippen molar-refractivity contribution in [3.05, 3.63) is 53.1 Å². The molecule has 0 spiro atoms. The monoisotopic (exact) mass is 587 g/mol. The number of hydrogen-bond donors (Lipinski definition) is 1. The third-order valence-electron chi connectivity index (χ3n) is 7.90. The van der Waals surface area contributed by atoms with Gasteiger partial charge >= 0.3 is 12.0 Å². The number of aryl methyl sites for hydroxylation is 1. The SMILES string of the molecule is COc1cc2nc(C)nc(N[C@H](C)c3cccc(C(F)(F)C4CCCO4)c3F)c2cc1OC(=O)N1CCN(C)C[C@@H]1C. The van der Waals surface area contributed by atoms with Gasteiger partial charge in [-0.15, -0.1) is 0 Å². The highest BCUT2D eigenvalue weighted by Crippen LogP contribution is 2.41. The zero-order chi connectivity index (χ0) is 30.2. The van der Waals surface area contributed by atoms with E-state index in [1.165, 1.54) is 19.2 Å². The molecular formula is C30H36F3N5O4. The first-order chi connectivity index (χ1) is 20.0. The number of piperazine rings is 1. The molecule has 3 aromatic rings. The molecule has 2 aliphatic rings. The number of halogens is 3. The van der Waals surface area contributed by atoms with E-state index in [4.69, 9.17) is 14.2 Å². The summed E-state index contributed by atoms with van der Waals surface area (Å²) >= 11 is 0. The number of alkyl halides is 2. The number of nitrogens with one attached hydrogen (secondary N) is 1. The number of methoxy groups -OCH3 is 1. The van der Waals surface area contributed by atoms with E-state index >= 15 is 13.2 Å². The van der Waals surface area contributed by atoms with Gasteiger partial charge in [-0.3, -0.25) is 0 Å². The van der Waals surface area contributed by atoms with Crippen LogP contribution >= 0.6 is 0 Å². The second-order valence-corrected chi connectivity index (χ2v) is 11.0. The maximum absolute atomic E-state index is 15.6. The number of nitrogens with zero attached hydrogens (tertiary/aromatic N) is 4. The van der Waals surface area contributed by atoms with Gasteiger partial charge in [-0.1, -0.05) is 12.1 Å². The van der Waals surface area contributed by atoms with Gasteiger partial charge in [0.05, 0.1) is 24.2 Å². The lowest BCUT2D eigenvalue weighted by Crippen LogP contribution is -2.53. The minimum Gasteiger partial charge on any atom is -0.493 e. The van der Waals surface area contributed by atoms with Crippen molar-refractivity contribution < 1.29 is 32.2 Å². The van der Waals surface area contributed by atoms with Crippen LogP contribution in [-0.2, 0) is 10.7 Å². The lowest BCUT2D eigenvalue weighted by Gasteiger charge is -2.37. The summed E-state index contributed by atoms with van der Waals surface area (Å²) in [4.78, 5) is 25.9. The third kappa shape index (κ3) is 5.82. The van der Waals surface area contributed by atoms with Gasteiger partial charge < -0.3 is 29.3 Å². The van der Waals surface area contributed by atoms with Crippen LogP contribution in [0.3, 0.4) is 0 Å². The highest BCUT2D eigenvalue weighted by atomic mass is 19.3. The summed E-state index contributed by atoms with van der Waals surface area (Å²) in [6.45, 7) is 7.53. The Bertz CT molecular complexity index is 1470. The Hall–Kier alpha value is -3.64. The molecule has 42 heavy (non-hydrogen) atoms. The van der Waals surface area contributed by atoms with E-state index in [0.29, 0.717) is 41.3 Å². The van der Waals surface area contributed by atoms with E-state index in [0.717, 1.165) is 19.2 Å². The Labute approximate surface area is 243 Å². The Morgan fingerprint density at radius 1 is 1.21 bits per heavy atom. The van der Waals surface area contributed by atoms with Crippen molar-refractivity contribution in [1.29, 1.82) is 0 Å². The molecule has 3 atom stereocenters. The number of anilines is 1. The number of amides is 1. The number of rotatable bonds is 7. The number of carbonyl (C=O) groups excluding carboxylic acids is 1. The van der Waals surface area contributed by atoms with E-state index in [9.17, 15) is 4.79 Å². The van der Waals surface area contributed by atoms with Gasteiger partial charge in [-0.2, -0.15) is 8.78 Å². The van der Waals surface area contributed by atoms with E-state index < -0.39 is 35.5 Å². The largest absolute Gasteiger partial charge is 0.493 e. The molecule has 1 aromatic heterocycles. The summed E-state index contributed by atoms with van der Waals surface area (Å²) in [6, 6.07) is 6.43. The van der Waals surface area contributed by atoms with Gasteiger partial charge in [0.2, 0.25) is 0 Å². The molecule has 0 aliphatic carbocycles. The molecule has 2 fully saturated rings. The van der Waals surface area contributed by atoms with Gasteiger partial charge in [0.1, 0.15) is 23.6 Å². The van der Waals surface area contributed by atoms with Gasteiger partial charge in [0.15, 0.2) is 11.5 Å². The van der Waals surface area contributed by atoms with Gasteiger partial charge in [-0.25, -0.2) is 19.2 Å². The average molecular weight is 588 g/mol. The Balaban J connectivity index is 1.46. The zero-order valence-corrected chi connectivity index (χ0v) is 24.4. The smallest absolute Gasteiger partial charge is 0.415 e. The molecule has 1 amide bonds. The van der Waals surface area contributed by atoms with Crippen molar-refractivity contribution in [3.8, 4) is 11.5 Å². The summed E-state index contributed by atoms with van der Waals surface area (Å²) in [5.74, 6) is -3.22. The standard InChI is InChI=1S/C30H36F3N5O4/c1-17-16-37(4)11-12-38(17)29(39)42-25-14-21-23(15-24(25)40-5)35-19(3)36-28(21)34-18(2)20-8-6-9-22(27(20)31)30(32,33)26-10-7-13-41-26/h6,8-9,14-15,17-18,26H,7,10-13,16H2,1-5H3,(H,34,35,36)/t17-,18+,26?/m0/s1. The van der Waals surface area contributed by atoms with Crippen molar-refractivity contribution in [2.45, 2.75) is 57.7 Å². The topological polar surface area (TPSA) is 89.1 Å². The van der Waals surface area contributed by atoms with E-state index in [1.54, 1.807) is 30.9 Å². The van der Waals surface area contributed by atoms with Crippen LogP contribution in [0.4, 0.5) is 23.8 Å². The van der Waals surface area contributed by atoms with Crippen molar-refractivity contribution in [2.75, 3.05) is 45.7 Å². The molecule has 9 nitrogen and oxygen atoms in total. The van der Waals surface area contributed by atoms with Crippen molar-refractivity contribution >= 4 is 22.8 Å². The summed E-state index contributed by atoms with van der Waals surface area (Å²) in [5.41, 5.74) is -0.138. The second-order valence-electron chi connectivity index (χ2n) is 11.0. The number of fused-ring (bicyclic) bond motifs is 1. The molecule has 0 bridgehead atoms. The molecule has 2 aromatic carbocycles. The third-order valence-corrected chi connectivity index (χ3v) is 7.90. The molecular weight excluding hydrogens is 551 g/mol. The minimum absolute atomic E-state index is 0.0370. The molecule has 1 unspecified atom stereocenters. The Morgan fingerprint density at radius 3 is 2.69 bits per heavy atom. The molecule has 2 saturated heterocycles. The second kappa shape index (κ2) is 11.9. The first-order valence-electron chi connectivity index (χ1n) is 14.1. The first-order valence-corrected chi connectivity index (χ1v) is 14.1. The van der Waals surface area contributed by atoms with Crippen molar-refractivity contribution in [3.63, 3.8) is 0 Å². The van der Waals surface area contributed by atoms with Gasteiger partial charge in [0, 0.05) is 49.3 Å². The number of likely N-dealkylation sites (N-methyl/N-ethyl adjacent to an activating group) is 1. The van der Waals surface area contributed by atoms with Crippen LogP contribution in [-0.4, -0.2) is 78.4 Å². The molecule has 226 valence electrons. The lowest BCUT2D eigenvalue weighted by atomic mass is 9.96. The molecule has 2 aliphatic heterocycles. The van der Waals surface area contributed by atoms with Crippen LogP contribution in [0.2, 0.25) is 0 Å². The zero-order valence-electron chi connectivity index (χ0n) is 24.4. The predicted octanol–water partition coefficient (Wildman–Crippen LogP) is 5.66. The minimum atomic E-state index is -3.47. The summed E-state index contributed by atoms with van der Waals surface area (Å²) < 4.78 is 62.5. The van der Waals surface area contributed by atoms with E-state index in [2.05, 4.69) is 20.2 Å². The van der Waals surface area contributed by atoms with E-state index in [-0.39, 0.29) is 30.4 Å². The highest BCUT2D eigenvalue weighted by molar-refractivity contribution is 5.92. The lowest BCUT2D eigenvalue weighted by molar-refractivity contribution is -0.124. The summed E-state index contributed by atoms with van der Waals surface area (Å²) in [5, 5.41) is 3.65. The highest BCUT2D eigenvalue weighted by Gasteiger charge is 2.46. The van der Waals surface area contributed by atoms with Crippen LogP contribution in [0.25, 0.3) is 10.9 Å².